The second-order valence-electron chi connectivity index (χ2n) is 8.02. The lowest BCUT2D eigenvalue weighted by molar-refractivity contribution is 0.0283. The van der Waals surface area contributed by atoms with Crippen LogP contribution in [0.5, 0.6) is 5.75 Å². The number of carbonyl (C=O) groups is 1. The molecule has 1 amide bonds. The van der Waals surface area contributed by atoms with Crippen molar-refractivity contribution < 1.29 is 27.4 Å². The number of benzene rings is 1. The van der Waals surface area contributed by atoms with E-state index in [0.29, 0.717) is 45.6 Å². The van der Waals surface area contributed by atoms with Crippen molar-refractivity contribution in [1.29, 1.82) is 5.26 Å². The average Bonchev–Trinajstić information content (AvgIpc) is 2.72. The van der Waals surface area contributed by atoms with Crippen molar-refractivity contribution in [2.45, 2.75) is 36.1 Å². The van der Waals surface area contributed by atoms with Crippen molar-refractivity contribution in [2.24, 2.45) is 5.92 Å². The van der Waals surface area contributed by atoms with Crippen LogP contribution in [-0.4, -0.2) is 74.0 Å². The molecule has 0 radical (unpaired) electrons. The first kappa shape index (κ1) is 22.3. The molecule has 0 atom stereocenters. The van der Waals surface area contributed by atoms with Gasteiger partial charge in [-0.2, -0.15) is 5.26 Å². The third kappa shape index (κ3) is 4.84. The van der Waals surface area contributed by atoms with Crippen LogP contribution in [-0.2, 0) is 9.84 Å². The van der Waals surface area contributed by atoms with Gasteiger partial charge in [-0.05, 0) is 49.8 Å². The number of sulfone groups is 1. The number of hydrogen-bond donors (Lipinski definition) is 1. The SMILES string of the molecule is CS(=O)(=O)c1ccc(OC[C@H]2CC[C@](C#N)(N3CCN(C(=O)O)CC3)CC2)c(F)c1. The molecule has 1 aliphatic carbocycles. The molecule has 30 heavy (non-hydrogen) atoms. The molecule has 1 aromatic rings. The molecule has 10 heteroatoms. The summed E-state index contributed by atoms with van der Waals surface area (Å²) in [5.74, 6) is -0.526. The van der Waals surface area contributed by atoms with Crippen LogP contribution in [0.25, 0.3) is 0 Å². The zero-order valence-corrected chi connectivity index (χ0v) is 17.7. The summed E-state index contributed by atoms with van der Waals surface area (Å²) >= 11 is 0. The van der Waals surface area contributed by atoms with Crippen LogP contribution in [0.2, 0.25) is 0 Å². The van der Waals surface area contributed by atoms with E-state index in [9.17, 15) is 22.9 Å². The van der Waals surface area contributed by atoms with Gasteiger partial charge >= 0.3 is 6.09 Å². The summed E-state index contributed by atoms with van der Waals surface area (Å²) in [4.78, 5) is 14.4. The largest absolute Gasteiger partial charge is 0.490 e. The van der Waals surface area contributed by atoms with E-state index < -0.39 is 27.3 Å². The number of piperazine rings is 1. The van der Waals surface area contributed by atoms with Gasteiger partial charge in [-0.15, -0.1) is 0 Å². The molecule has 1 aliphatic heterocycles. The van der Waals surface area contributed by atoms with Crippen LogP contribution in [0.3, 0.4) is 0 Å². The van der Waals surface area contributed by atoms with Crippen LogP contribution in [0.4, 0.5) is 9.18 Å². The molecule has 1 heterocycles. The highest BCUT2D eigenvalue weighted by Gasteiger charge is 2.42. The van der Waals surface area contributed by atoms with Gasteiger partial charge in [-0.3, -0.25) is 4.90 Å². The zero-order chi connectivity index (χ0) is 21.9. The number of halogens is 1. The molecule has 1 N–H and O–H groups in total. The highest BCUT2D eigenvalue weighted by atomic mass is 32.2. The van der Waals surface area contributed by atoms with Gasteiger partial charge in [0, 0.05) is 32.4 Å². The quantitative estimate of drug-likeness (QED) is 0.750. The molecule has 1 aromatic carbocycles. The lowest BCUT2D eigenvalue weighted by Crippen LogP contribution is -2.58. The Labute approximate surface area is 175 Å². The maximum absolute atomic E-state index is 14.2. The number of nitrogens with zero attached hydrogens (tertiary/aromatic N) is 3. The normalized spacial score (nSPS) is 25.5. The molecule has 1 saturated heterocycles. The Bertz CT molecular complexity index is 930. The van der Waals surface area contributed by atoms with Gasteiger partial charge in [0.15, 0.2) is 21.4 Å². The Balaban J connectivity index is 1.54. The number of rotatable bonds is 5. The van der Waals surface area contributed by atoms with Crippen molar-refractivity contribution in [3.05, 3.63) is 24.0 Å². The fourth-order valence-corrected chi connectivity index (χ4v) is 4.82. The van der Waals surface area contributed by atoms with Gasteiger partial charge < -0.3 is 14.7 Å². The Morgan fingerprint density at radius 1 is 1.30 bits per heavy atom. The van der Waals surface area contributed by atoms with Crippen molar-refractivity contribution >= 4 is 15.9 Å². The van der Waals surface area contributed by atoms with E-state index in [0.717, 1.165) is 25.2 Å². The van der Waals surface area contributed by atoms with Crippen LogP contribution in [0.1, 0.15) is 25.7 Å². The summed E-state index contributed by atoms with van der Waals surface area (Å²) in [5, 5.41) is 18.9. The minimum Gasteiger partial charge on any atom is -0.490 e. The maximum Gasteiger partial charge on any atom is 0.407 e. The predicted octanol–water partition coefficient (Wildman–Crippen LogP) is 2.36. The molecule has 0 bridgehead atoms. The van der Waals surface area contributed by atoms with E-state index in [1.807, 2.05) is 0 Å². The van der Waals surface area contributed by atoms with Crippen molar-refractivity contribution in [3.8, 4) is 11.8 Å². The summed E-state index contributed by atoms with van der Waals surface area (Å²) in [6.07, 6.45) is 2.89. The van der Waals surface area contributed by atoms with E-state index in [1.54, 1.807) is 0 Å². The van der Waals surface area contributed by atoms with Crippen molar-refractivity contribution in [3.63, 3.8) is 0 Å². The number of nitriles is 1. The fourth-order valence-electron chi connectivity index (χ4n) is 4.18. The molecule has 164 valence electrons. The Hall–Kier alpha value is -2.38. The molecular weight excluding hydrogens is 413 g/mol. The highest BCUT2D eigenvalue weighted by molar-refractivity contribution is 7.90. The van der Waals surface area contributed by atoms with Crippen molar-refractivity contribution in [1.82, 2.24) is 9.80 Å². The van der Waals surface area contributed by atoms with Gasteiger partial charge in [-0.1, -0.05) is 0 Å². The number of ether oxygens (including phenoxy) is 1. The van der Waals surface area contributed by atoms with Gasteiger partial charge in [0.05, 0.1) is 17.6 Å². The number of hydrogen-bond acceptors (Lipinski definition) is 6. The molecular formula is C20H26FN3O5S. The highest BCUT2D eigenvalue weighted by Crippen LogP contribution is 2.37. The van der Waals surface area contributed by atoms with E-state index in [4.69, 9.17) is 9.84 Å². The molecule has 0 aromatic heterocycles. The number of carboxylic acid groups (broad SMARTS) is 1. The molecule has 2 fully saturated rings. The Kier molecular flexibility index (Phi) is 6.53. The third-order valence-corrected chi connectivity index (χ3v) is 7.21. The molecule has 8 nitrogen and oxygen atoms in total. The Morgan fingerprint density at radius 3 is 2.43 bits per heavy atom. The molecule has 0 spiro atoms. The van der Waals surface area contributed by atoms with Crippen LogP contribution in [0, 0.1) is 23.1 Å². The number of amides is 1. The summed E-state index contributed by atoms with van der Waals surface area (Å²) in [6, 6.07) is 6.07. The van der Waals surface area contributed by atoms with Crippen LogP contribution < -0.4 is 4.74 Å². The second-order valence-corrected chi connectivity index (χ2v) is 10.0. The summed E-state index contributed by atoms with van der Waals surface area (Å²) in [6.45, 7) is 2.17. The van der Waals surface area contributed by atoms with E-state index >= 15 is 0 Å². The monoisotopic (exact) mass is 439 g/mol. The fraction of sp³-hybridized carbons (Fsp3) is 0.600. The molecule has 1 saturated carbocycles. The first-order chi connectivity index (χ1) is 14.1. The standard InChI is InChI=1S/C20H26FN3O5S/c1-30(27,28)16-2-3-18(17(21)12-16)29-13-15-4-6-20(14-22,7-5-15)24-10-8-23(9-11-24)19(25)26/h2-3,12,15H,4-11,13H2,1H3,(H,25,26)/t15-,20-. The lowest BCUT2D eigenvalue weighted by Gasteiger charge is -2.46. The van der Waals surface area contributed by atoms with Gasteiger partial charge in [0.25, 0.3) is 0 Å². The smallest absolute Gasteiger partial charge is 0.407 e. The van der Waals surface area contributed by atoms with Crippen LogP contribution >= 0.6 is 0 Å². The average molecular weight is 440 g/mol. The van der Waals surface area contributed by atoms with E-state index in [2.05, 4.69) is 11.0 Å². The summed E-state index contributed by atoms with van der Waals surface area (Å²) in [5.41, 5.74) is -0.594. The molecule has 3 rings (SSSR count). The second kappa shape index (κ2) is 8.78. The van der Waals surface area contributed by atoms with E-state index in [-0.39, 0.29) is 16.6 Å². The predicted molar refractivity (Wildman–Crippen MR) is 106 cm³/mol. The third-order valence-electron chi connectivity index (χ3n) is 6.10. The molecule has 2 aliphatic rings. The Morgan fingerprint density at radius 2 is 1.93 bits per heavy atom. The summed E-state index contributed by atoms with van der Waals surface area (Å²) < 4.78 is 42.8. The summed E-state index contributed by atoms with van der Waals surface area (Å²) in [7, 11) is -3.48. The van der Waals surface area contributed by atoms with Gasteiger partial charge in [-0.25, -0.2) is 17.6 Å². The van der Waals surface area contributed by atoms with E-state index in [1.165, 1.54) is 17.0 Å². The minimum atomic E-state index is -3.48. The first-order valence-corrected chi connectivity index (χ1v) is 11.8. The van der Waals surface area contributed by atoms with Gasteiger partial charge in [0.1, 0.15) is 5.54 Å². The molecule has 0 unspecified atom stereocenters. The minimum absolute atomic E-state index is 0.0179. The first-order valence-electron chi connectivity index (χ1n) is 9.91. The zero-order valence-electron chi connectivity index (χ0n) is 16.9. The maximum atomic E-state index is 14.2. The van der Waals surface area contributed by atoms with Gasteiger partial charge in [0.2, 0.25) is 0 Å². The lowest BCUT2D eigenvalue weighted by atomic mass is 9.76. The van der Waals surface area contributed by atoms with Crippen molar-refractivity contribution in [2.75, 3.05) is 39.0 Å². The topological polar surface area (TPSA) is 111 Å². The van der Waals surface area contributed by atoms with Crippen LogP contribution in [0.15, 0.2) is 23.1 Å².